The van der Waals surface area contributed by atoms with Gasteiger partial charge in [-0.05, 0) is 55.5 Å². The molecule has 1 aromatic carbocycles. The minimum absolute atomic E-state index is 0.0821. The number of piperazine rings is 1. The fourth-order valence-corrected chi connectivity index (χ4v) is 4.32. The second-order valence-electron chi connectivity index (χ2n) is 7.75. The van der Waals surface area contributed by atoms with E-state index in [4.69, 9.17) is 9.26 Å². The molecule has 0 unspecified atom stereocenters. The Bertz CT molecular complexity index is 1000. The topological polar surface area (TPSA) is 58.8 Å². The van der Waals surface area contributed by atoms with E-state index in [-0.39, 0.29) is 12.5 Å². The molecule has 0 radical (unpaired) electrons. The van der Waals surface area contributed by atoms with Crippen LogP contribution < -0.4 is 4.74 Å². The maximum atomic E-state index is 13.1. The molecule has 0 atom stereocenters. The molecule has 0 aliphatic carbocycles. The van der Waals surface area contributed by atoms with Gasteiger partial charge in [-0.2, -0.15) is 0 Å². The third-order valence-corrected chi connectivity index (χ3v) is 6.53. The first-order valence-electron chi connectivity index (χ1n) is 10.2. The van der Waals surface area contributed by atoms with Gasteiger partial charge in [-0.1, -0.05) is 17.3 Å². The van der Waals surface area contributed by atoms with Gasteiger partial charge in [0, 0.05) is 37.6 Å². The fraction of sp³-hybridized carbons (Fsp3) is 0.391. The first kappa shape index (κ1) is 20.6. The Balaban J connectivity index is 1.38. The molecule has 30 heavy (non-hydrogen) atoms. The summed E-state index contributed by atoms with van der Waals surface area (Å²) in [7, 11) is 0. The summed E-state index contributed by atoms with van der Waals surface area (Å²) in [5.41, 5.74) is 3.48. The number of benzene rings is 1. The molecular formula is C23H27N3O3S. The molecule has 6 nitrogen and oxygen atoms in total. The molecule has 0 bridgehead atoms. The molecule has 3 aromatic rings. The van der Waals surface area contributed by atoms with Gasteiger partial charge in [-0.15, -0.1) is 11.3 Å². The normalized spacial score (nSPS) is 14.8. The SMILES string of the molecule is Cc1ccc(OCc2c(C(=O)N3CCN(Cc4cccs4)CC3)noc2C)cc1C. The minimum Gasteiger partial charge on any atom is -0.489 e. The van der Waals surface area contributed by atoms with Gasteiger partial charge in [0.05, 0.1) is 5.56 Å². The molecule has 158 valence electrons. The number of rotatable bonds is 6. The summed E-state index contributed by atoms with van der Waals surface area (Å²) < 4.78 is 11.3. The van der Waals surface area contributed by atoms with Gasteiger partial charge in [0.1, 0.15) is 18.1 Å². The predicted octanol–water partition coefficient (Wildman–Crippen LogP) is 4.20. The Labute approximate surface area is 181 Å². The van der Waals surface area contributed by atoms with Crippen molar-refractivity contribution in [1.29, 1.82) is 0 Å². The highest BCUT2D eigenvalue weighted by Crippen LogP contribution is 2.22. The number of thiophene rings is 1. The minimum atomic E-state index is -0.0821. The van der Waals surface area contributed by atoms with Crippen LogP contribution in [0.2, 0.25) is 0 Å². The molecule has 2 aromatic heterocycles. The molecule has 4 rings (SSSR count). The lowest BCUT2D eigenvalue weighted by atomic mass is 10.1. The third kappa shape index (κ3) is 4.57. The Hall–Kier alpha value is -2.64. The van der Waals surface area contributed by atoms with Crippen molar-refractivity contribution in [1.82, 2.24) is 15.0 Å². The van der Waals surface area contributed by atoms with E-state index < -0.39 is 0 Å². The van der Waals surface area contributed by atoms with Crippen molar-refractivity contribution in [2.24, 2.45) is 0 Å². The van der Waals surface area contributed by atoms with Crippen LogP contribution in [-0.2, 0) is 13.2 Å². The van der Waals surface area contributed by atoms with E-state index in [1.807, 2.05) is 30.0 Å². The summed E-state index contributed by atoms with van der Waals surface area (Å²) in [6.45, 7) is 10.2. The van der Waals surface area contributed by atoms with Crippen molar-refractivity contribution < 1.29 is 14.1 Å². The van der Waals surface area contributed by atoms with Crippen LogP contribution >= 0.6 is 11.3 Å². The Kier molecular flexibility index (Phi) is 6.20. The Morgan fingerprint density at radius 3 is 2.63 bits per heavy atom. The zero-order valence-corrected chi connectivity index (χ0v) is 18.5. The number of carbonyl (C=O) groups excluding carboxylic acids is 1. The fourth-order valence-electron chi connectivity index (χ4n) is 3.57. The summed E-state index contributed by atoms with van der Waals surface area (Å²) >= 11 is 1.77. The highest BCUT2D eigenvalue weighted by atomic mass is 32.1. The zero-order chi connectivity index (χ0) is 21.1. The second kappa shape index (κ2) is 9.02. The van der Waals surface area contributed by atoms with Gasteiger partial charge in [0.25, 0.3) is 5.91 Å². The number of aromatic nitrogens is 1. The molecule has 3 heterocycles. The van der Waals surface area contributed by atoms with Crippen molar-refractivity contribution in [3.63, 3.8) is 0 Å². The van der Waals surface area contributed by atoms with E-state index in [2.05, 4.69) is 41.4 Å². The van der Waals surface area contributed by atoms with Crippen LogP contribution in [0.3, 0.4) is 0 Å². The number of carbonyl (C=O) groups is 1. The number of amides is 1. The van der Waals surface area contributed by atoms with Gasteiger partial charge in [0.15, 0.2) is 5.69 Å². The zero-order valence-electron chi connectivity index (χ0n) is 17.7. The summed E-state index contributed by atoms with van der Waals surface area (Å²) in [5, 5.41) is 6.16. The lowest BCUT2D eigenvalue weighted by molar-refractivity contribution is 0.0617. The van der Waals surface area contributed by atoms with E-state index in [1.165, 1.54) is 16.0 Å². The Morgan fingerprint density at radius 1 is 1.13 bits per heavy atom. The molecule has 0 N–H and O–H groups in total. The highest BCUT2D eigenvalue weighted by molar-refractivity contribution is 7.09. The molecule has 1 saturated heterocycles. The lowest BCUT2D eigenvalue weighted by Crippen LogP contribution is -2.48. The van der Waals surface area contributed by atoms with E-state index in [9.17, 15) is 4.79 Å². The van der Waals surface area contributed by atoms with E-state index in [0.717, 1.165) is 30.9 Å². The molecular weight excluding hydrogens is 398 g/mol. The smallest absolute Gasteiger partial charge is 0.276 e. The summed E-state index contributed by atoms with van der Waals surface area (Å²) in [6, 6.07) is 10.2. The van der Waals surface area contributed by atoms with Gasteiger partial charge in [0.2, 0.25) is 0 Å². The summed E-state index contributed by atoms with van der Waals surface area (Å²) in [5.74, 6) is 1.32. The first-order chi connectivity index (χ1) is 14.5. The molecule has 0 saturated carbocycles. The predicted molar refractivity (Wildman–Crippen MR) is 117 cm³/mol. The van der Waals surface area contributed by atoms with E-state index >= 15 is 0 Å². The largest absolute Gasteiger partial charge is 0.489 e. The number of hydrogen-bond acceptors (Lipinski definition) is 6. The van der Waals surface area contributed by atoms with Gasteiger partial charge < -0.3 is 14.2 Å². The van der Waals surface area contributed by atoms with Gasteiger partial charge in [-0.3, -0.25) is 9.69 Å². The van der Waals surface area contributed by atoms with Crippen molar-refractivity contribution in [2.45, 2.75) is 33.9 Å². The number of nitrogens with zero attached hydrogens (tertiary/aromatic N) is 3. The van der Waals surface area contributed by atoms with Crippen LogP contribution in [-0.4, -0.2) is 47.0 Å². The molecule has 7 heteroatoms. The maximum absolute atomic E-state index is 13.1. The number of hydrogen-bond donors (Lipinski definition) is 0. The van der Waals surface area contributed by atoms with Crippen molar-refractivity contribution in [3.8, 4) is 5.75 Å². The molecule has 1 amide bonds. The average molecular weight is 426 g/mol. The highest BCUT2D eigenvalue weighted by Gasteiger charge is 2.28. The monoisotopic (exact) mass is 425 g/mol. The van der Waals surface area contributed by atoms with Crippen LogP contribution in [0.5, 0.6) is 5.75 Å². The first-order valence-corrected chi connectivity index (χ1v) is 11.1. The van der Waals surface area contributed by atoms with Gasteiger partial charge >= 0.3 is 0 Å². The quantitative estimate of drug-likeness (QED) is 0.592. The van der Waals surface area contributed by atoms with Crippen LogP contribution in [0.4, 0.5) is 0 Å². The molecule has 1 aliphatic heterocycles. The molecule has 0 spiro atoms. The van der Waals surface area contributed by atoms with Gasteiger partial charge in [-0.25, -0.2) is 0 Å². The molecule has 1 fully saturated rings. The third-order valence-electron chi connectivity index (χ3n) is 5.67. The van der Waals surface area contributed by atoms with Crippen molar-refractivity contribution in [2.75, 3.05) is 26.2 Å². The average Bonchev–Trinajstić information content (AvgIpc) is 3.38. The number of aryl methyl sites for hydroxylation is 3. The van der Waals surface area contributed by atoms with Crippen LogP contribution in [0.25, 0.3) is 0 Å². The van der Waals surface area contributed by atoms with E-state index in [1.54, 1.807) is 11.3 Å². The van der Waals surface area contributed by atoms with Crippen LogP contribution in [0.15, 0.2) is 40.2 Å². The number of ether oxygens (including phenoxy) is 1. The Morgan fingerprint density at radius 2 is 1.93 bits per heavy atom. The van der Waals surface area contributed by atoms with E-state index in [0.29, 0.717) is 24.5 Å². The summed E-state index contributed by atoms with van der Waals surface area (Å²) in [6.07, 6.45) is 0. The molecule has 1 aliphatic rings. The van der Waals surface area contributed by atoms with Crippen LogP contribution in [0.1, 0.15) is 37.8 Å². The lowest BCUT2D eigenvalue weighted by Gasteiger charge is -2.34. The standard InChI is InChI=1S/C23H27N3O3S/c1-16-6-7-19(13-17(16)2)28-15-21-18(3)29-24-22(21)23(27)26-10-8-25(9-11-26)14-20-5-4-12-30-20/h4-7,12-13H,8-11,14-15H2,1-3H3. The maximum Gasteiger partial charge on any atom is 0.276 e. The second-order valence-corrected chi connectivity index (χ2v) is 8.78. The summed E-state index contributed by atoms with van der Waals surface area (Å²) in [4.78, 5) is 18.7. The van der Waals surface area contributed by atoms with Crippen molar-refractivity contribution >= 4 is 17.2 Å². The van der Waals surface area contributed by atoms with Crippen molar-refractivity contribution in [3.05, 3.63) is 68.7 Å². The van der Waals surface area contributed by atoms with Crippen LogP contribution in [0, 0.1) is 20.8 Å².